The second kappa shape index (κ2) is 10.7. The quantitative estimate of drug-likeness (QED) is 0.776. The van der Waals surface area contributed by atoms with E-state index in [2.05, 4.69) is 34.2 Å². The number of nitrogens with one attached hydrogen (secondary N) is 1. The summed E-state index contributed by atoms with van der Waals surface area (Å²) >= 11 is 0. The minimum atomic E-state index is -0.153. The number of likely N-dealkylation sites (N-methyl/N-ethyl adjacent to an activating group) is 1. The Morgan fingerprint density at radius 2 is 1.67 bits per heavy atom. The molecule has 1 atom stereocenters. The van der Waals surface area contributed by atoms with E-state index in [0.29, 0.717) is 19.6 Å². The van der Waals surface area contributed by atoms with Crippen LogP contribution in [-0.4, -0.2) is 85.5 Å². The molecule has 7 nitrogen and oxygen atoms in total. The fourth-order valence-electron chi connectivity index (χ4n) is 4.38. The van der Waals surface area contributed by atoms with E-state index < -0.39 is 0 Å². The lowest BCUT2D eigenvalue weighted by Gasteiger charge is -2.36. The number of carbonyl (C=O) groups excluding carboxylic acids is 2. The third-order valence-corrected chi connectivity index (χ3v) is 6.42. The Balaban J connectivity index is 1.53. The number of carbonyl (C=O) groups is 2. The van der Waals surface area contributed by atoms with Gasteiger partial charge in [-0.15, -0.1) is 0 Å². The highest BCUT2D eigenvalue weighted by atomic mass is 16.2. The molecule has 2 heterocycles. The van der Waals surface area contributed by atoms with Crippen molar-refractivity contribution in [2.45, 2.75) is 33.6 Å². The van der Waals surface area contributed by atoms with E-state index in [-0.39, 0.29) is 17.9 Å². The largest absolute Gasteiger partial charge is 0.369 e. The first-order valence-electron chi connectivity index (χ1n) is 11.5. The van der Waals surface area contributed by atoms with Gasteiger partial charge in [0, 0.05) is 63.7 Å². The Labute approximate surface area is 181 Å². The predicted octanol–water partition coefficient (Wildman–Crippen LogP) is 2.94. The first-order chi connectivity index (χ1) is 14.5. The highest BCUT2D eigenvalue weighted by Crippen LogP contribution is 2.22. The van der Waals surface area contributed by atoms with Crippen LogP contribution in [0.15, 0.2) is 24.3 Å². The molecular weight excluding hydrogens is 378 g/mol. The van der Waals surface area contributed by atoms with Gasteiger partial charge < -0.3 is 24.9 Å². The Bertz CT molecular complexity index is 696. The van der Waals surface area contributed by atoms with E-state index in [1.807, 2.05) is 35.8 Å². The standard InChI is InChI=1S/C23H37N5O2/c1-4-25-14-16-27(17-15-25)21-11-9-20(10-12-21)24-22(29)19-8-7-13-28(18-19)23(30)26(5-2)6-3/h9-12,19H,4-8,13-18H2,1-3H3,(H,24,29)/t19-/m0/s1. The molecule has 0 unspecified atom stereocenters. The van der Waals surface area contributed by atoms with Crippen LogP contribution in [0.4, 0.5) is 16.2 Å². The molecule has 7 heteroatoms. The van der Waals surface area contributed by atoms with E-state index >= 15 is 0 Å². The number of benzene rings is 1. The zero-order valence-electron chi connectivity index (χ0n) is 18.8. The van der Waals surface area contributed by atoms with Crippen LogP contribution in [-0.2, 0) is 4.79 Å². The number of piperidine rings is 1. The first-order valence-corrected chi connectivity index (χ1v) is 11.5. The SMILES string of the molecule is CCN1CCN(c2ccc(NC(=O)[C@H]3CCCN(C(=O)N(CC)CC)C3)cc2)CC1. The van der Waals surface area contributed by atoms with Gasteiger partial charge >= 0.3 is 6.03 Å². The molecule has 0 aliphatic carbocycles. The number of likely N-dealkylation sites (tertiary alicyclic amines) is 1. The van der Waals surface area contributed by atoms with Gasteiger partial charge in [-0.05, 0) is 57.5 Å². The smallest absolute Gasteiger partial charge is 0.320 e. The van der Waals surface area contributed by atoms with Gasteiger partial charge in [0.15, 0.2) is 0 Å². The Kier molecular flexibility index (Phi) is 7.96. The minimum absolute atomic E-state index is 0.0105. The fourth-order valence-corrected chi connectivity index (χ4v) is 4.38. The topological polar surface area (TPSA) is 59.1 Å². The van der Waals surface area contributed by atoms with Crippen molar-refractivity contribution >= 4 is 23.3 Å². The van der Waals surface area contributed by atoms with E-state index in [9.17, 15) is 9.59 Å². The number of urea groups is 1. The van der Waals surface area contributed by atoms with Crippen molar-refractivity contribution in [1.29, 1.82) is 0 Å². The maximum Gasteiger partial charge on any atom is 0.320 e. The molecule has 1 aromatic carbocycles. The molecule has 2 saturated heterocycles. The van der Waals surface area contributed by atoms with Crippen LogP contribution in [0.2, 0.25) is 0 Å². The van der Waals surface area contributed by atoms with Gasteiger partial charge in [0.1, 0.15) is 0 Å². The molecule has 0 aromatic heterocycles. The summed E-state index contributed by atoms with van der Waals surface area (Å²) in [6, 6.07) is 8.20. The number of hydrogen-bond acceptors (Lipinski definition) is 4. The average molecular weight is 416 g/mol. The van der Waals surface area contributed by atoms with Crippen LogP contribution >= 0.6 is 0 Å². The van der Waals surface area contributed by atoms with Crippen LogP contribution in [0, 0.1) is 5.92 Å². The number of rotatable bonds is 6. The van der Waals surface area contributed by atoms with Crippen molar-refractivity contribution in [3.63, 3.8) is 0 Å². The lowest BCUT2D eigenvalue weighted by atomic mass is 9.97. The second-order valence-electron chi connectivity index (χ2n) is 8.20. The summed E-state index contributed by atoms with van der Waals surface area (Å²) in [6.07, 6.45) is 1.70. The predicted molar refractivity (Wildman–Crippen MR) is 122 cm³/mol. The van der Waals surface area contributed by atoms with Crippen LogP contribution in [0.25, 0.3) is 0 Å². The summed E-state index contributed by atoms with van der Waals surface area (Å²) in [7, 11) is 0. The van der Waals surface area contributed by atoms with E-state index in [4.69, 9.17) is 0 Å². The van der Waals surface area contributed by atoms with Gasteiger partial charge in [-0.3, -0.25) is 4.79 Å². The number of piperazine rings is 1. The zero-order valence-corrected chi connectivity index (χ0v) is 18.8. The fraction of sp³-hybridized carbons (Fsp3) is 0.652. The Hall–Kier alpha value is -2.28. The summed E-state index contributed by atoms with van der Waals surface area (Å²) in [5, 5.41) is 3.06. The number of amides is 3. The molecule has 3 amide bonds. The lowest BCUT2D eigenvalue weighted by molar-refractivity contribution is -0.121. The lowest BCUT2D eigenvalue weighted by Crippen LogP contribution is -2.49. The van der Waals surface area contributed by atoms with Crippen LogP contribution in [0.3, 0.4) is 0 Å². The van der Waals surface area contributed by atoms with Crippen LogP contribution < -0.4 is 10.2 Å². The molecule has 0 radical (unpaired) electrons. The summed E-state index contributed by atoms with van der Waals surface area (Å²) in [4.78, 5) is 34.0. The van der Waals surface area contributed by atoms with Gasteiger partial charge in [-0.1, -0.05) is 6.92 Å². The average Bonchev–Trinajstić information content (AvgIpc) is 2.80. The normalized spacial score (nSPS) is 20.2. The molecule has 0 bridgehead atoms. The van der Waals surface area contributed by atoms with Crippen molar-refractivity contribution in [1.82, 2.24) is 14.7 Å². The zero-order chi connectivity index (χ0) is 21.5. The highest BCUT2D eigenvalue weighted by Gasteiger charge is 2.30. The monoisotopic (exact) mass is 415 g/mol. The van der Waals surface area contributed by atoms with Crippen LogP contribution in [0.5, 0.6) is 0 Å². The molecule has 2 aliphatic rings. The van der Waals surface area contributed by atoms with Crippen LogP contribution in [0.1, 0.15) is 33.6 Å². The molecule has 3 rings (SSSR count). The summed E-state index contributed by atoms with van der Waals surface area (Å²) in [5.74, 6) is -0.142. The molecule has 0 saturated carbocycles. The minimum Gasteiger partial charge on any atom is -0.369 e. The van der Waals surface area contributed by atoms with Gasteiger partial charge in [0.05, 0.1) is 5.92 Å². The van der Waals surface area contributed by atoms with Crippen molar-refractivity contribution in [3.05, 3.63) is 24.3 Å². The molecule has 30 heavy (non-hydrogen) atoms. The highest BCUT2D eigenvalue weighted by molar-refractivity contribution is 5.93. The molecule has 1 N–H and O–H groups in total. The third kappa shape index (κ3) is 5.45. The first kappa shape index (κ1) is 22.4. The van der Waals surface area contributed by atoms with Crippen molar-refractivity contribution in [2.75, 3.05) is 69.1 Å². The number of nitrogens with zero attached hydrogens (tertiary/aromatic N) is 4. The van der Waals surface area contributed by atoms with Gasteiger partial charge in [-0.2, -0.15) is 0 Å². The molecule has 166 valence electrons. The summed E-state index contributed by atoms with van der Waals surface area (Å²) < 4.78 is 0. The molecule has 2 aliphatic heterocycles. The van der Waals surface area contributed by atoms with Crippen molar-refractivity contribution in [2.24, 2.45) is 5.92 Å². The Morgan fingerprint density at radius 1 is 1.00 bits per heavy atom. The summed E-state index contributed by atoms with van der Waals surface area (Å²) in [6.45, 7) is 14.2. The molecular formula is C23H37N5O2. The van der Waals surface area contributed by atoms with Crippen molar-refractivity contribution < 1.29 is 9.59 Å². The third-order valence-electron chi connectivity index (χ3n) is 6.42. The number of hydrogen-bond donors (Lipinski definition) is 1. The van der Waals surface area contributed by atoms with Crippen molar-refractivity contribution in [3.8, 4) is 0 Å². The van der Waals surface area contributed by atoms with Gasteiger partial charge in [0.25, 0.3) is 0 Å². The van der Waals surface area contributed by atoms with E-state index in [1.54, 1.807) is 0 Å². The number of anilines is 2. The van der Waals surface area contributed by atoms with Gasteiger partial charge in [-0.25, -0.2) is 4.79 Å². The van der Waals surface area contributed by atoms with E-state index in [1.165, 1.54) is 5.69 Å². The second-order valence-corrected chi connectivity index (χ2v) is 8.20. The summed E-state index contributed by atoms with van der Waals surface area (Å²) in [5.41, 5.74) is 2.03. The molecule has 1 aromatic rings. The maximum atomic E-state index is 12.8. The maximum absolute atomic E-state index is 12.8. The van der Waals surface area contributed by atoms with E-state index in [0.717, 1.165) is 57.8 Å². The molecule has 0 spiro atoms. The van der Waals surface area contributed by atoms with Gasteiger partial charge in [0.2, 0.25) is 5.91 Å². The molecule has 2 fully saturated rings. The Morgan fingerprint density at radius 3 is 2.27 bits per heavy atom.